The SMILES string of the molecule is Cc1ccc(C(=O)[C@@H](C)Sc2nnc(-c3ccccc3Cl)n2C)cc1C. The van der Waals surface area contributed by atoms with Crippen LogP contribution < -0.4 is 0 Å². The molecule has 0 saturated heterocycles. The Bertz CT molecular complexity index is 967. The third-order valence-electron chi connectivity index (χ3n) is 4.39. The summed E-state index contributed by atoms with van der Waals surface area (Å²) >= 11 is 7.66. The number of benzene rings is 2. The molecule has 2 aromatic carbocycles. The first kappa shape index (κ1) is 18.7. The van der Waals surface area contributed by atoms with E-state index in [0.29, 0.717) is 16.0 Å². The van der Waals surface area contributed by atoms with Crippen molar-refractivity contribution in [1.82, 2.24) is 14.8 Å². The molecule has 4 nitrogen and oxygen atoms in total. The van der Waals surface area contributed by atoms with Crippen molar-refractivity contribution in [3.05, 3.63) is 64.2 Å². The number of carbonyl (C=O) groups excluding carboxylic acids is 1. The van der Waals surface area contributed by atoms with Gasteiger partial charge < -0.3 is 4.57 Å². The van der Waals surface area contributed by atoms with Crippen LogP contribution in [0.2, 0.25) is 5.02 Å². The monoisotopic (exact) mass is 385 g/mol. The van der Waals surface area contributed by atoms with Gasteiger partial charge in [0, 0.05) is 18.2 Å². The quantitative estimate of drug-likeness (QED) is 0.452. The molecular weight excluding hydrogens is 366 g/mol. The maximum absolute atomic E-state index is 12.8. The summed E-state index contributed by atoms with van der Waals surface area (Å²) in [6.07, 6.45) is 0. The van der Waals surface area contributed by atoms with Gasteiger partial charge in [0.2, 0.25) is 0 Å². The summed E-state index contributed by atoms with van der Waals surface area (Å²) in [7, 11) is 1.88. The lowest BCUT2D eigenvalue weighted by Gasteiger charge is -2.11. The van der Waals surface area contributed by atoms with Gasteiger partial charge in [0.25, 0.3) is 0 Å². The third-order valence-corrected chi connectivity index (χ3v) is 5.86. The van der Waals surface area contributed by atoms with Crippen molar-refractivity contribution in [3.63, 3.8) is 0 Å². The van der Waals surface area contributed by atoms with E-state index in [2.05, 4.69) is 10.2 Å². The van der Waals surface area contributed by atoms with Crippen LogP contribution in [-0.4, -0.2) is 25.8 Å². The number of Topliss-reactive ketones (excluding diaryl/α,β-unsaturated/α-hetero) is 1. The molecule has 1 atom stereocenters. The maximum atomic E-state index is 12.8. The summed E-state index contributed by atoms with van der Waals surface area (Å²) in [5, 5.41) is 9.54. The fourth-order valence-electron chi connectivity index (χ4n) is 2.64. The normalized spacial score (nSPS) is 12.2. The van der Waals surface area contributed by atoms with Gasteiger partial charge in [-0.25, -0.2) is 0 Å². The number of thioether (sulfide) groups is 1. The zero-order chi connectivity index (χ0) is 18.8. The molecule has 0 saturated carbocycles. The molecule has 134 valence electrons. The van der Waals surface area contributed by atoms with Crippen LogP contribution in [0, 0.1) is 13.8 Å². The molecule has 0 aliphatic heterocycles. The minimum absolute atomic E-state index is 0.0837. The standard InChI is InChI=1S/C20H20ClN3OS/c1-12-9-10-15(11-13(12)2)18(25)14(3)26-20-23-22-19(24(20)4)16-7-5-6-8-17(16)21/h5-11,14H,1-4H3/t14-/m1/s1. The molecule has 0 fully saturated rings. The highest BCUT2D eigenvalue weighted by Crippen LogP contribution is 2.30. The van der Waals surface area contributed by atoms with Crippen LogP contribution >= 0.6 is 23.4 Å². The zero-order valence-electron chi connectivity index (χ0n) is 15.2. The molecule has 1 heterocycles. The largest absolute Gasteiger partial charge is 0.305 e. The van der Waals surface area contributed by atoms with Gasteiger partial charge in [0.1, 0.15) is 0 Å². The second kappa shape index (κ2) is 7.64. The van der Waals surface area contributed by atoms with Gasteiger partial charge in [-0.2, -0.15) is 0 Å². The summed E-state index contributed by atoms with van der Waals surface area (Å²) in [5.74, 6) is 0.768. The van der Waals surface area contributed by atoms with E-state index in [9.17, 15) is 4.79 Å². The highest BCUT2D eigenvalue weighted by atomic mass is 35.5. The molecule has 0 radical (unpaired) electrons. The number of hydrogen-bond donors (Lipinski definition) is 0. The van der Waals surface area contributed by atoms with Crippen molar-refractivity contribution in [2.24, 2.45) is 7.05 Å². The first-order valence-electron chi connectivity index (χ1n) is 8.31. The topological polar surface area (TPSA) is 47.8 Å². The van der Waals surface area contributed by atoms with Gasteiger partial charge in [-0.15, -0.1) is 10.2 Å². The summed E-state index contributed by atoms with van der Waals surface area (Å²) < 4.78 is 1.87. The summed E-state index contributed by atoms with van der Waals surface area (Å²) in [4.78, 5) is 12.8. The summed E-state index contributed by atoms with van der Waals surface area (Å²) in [6.45, 7) is 5.95. The third kappa shape index (κ3) is 3.69. The summed E-state index contributed by atoms with van der Waals surface area (Å²) in [5.41, 5.74) is 3.85. The molecule has 6 heteroatoms. The molecule has 0 amide bonds. The Morgan fingerprint density at radius 2 is 1.85 bits per heavy atom. The Morgan fingerprint density at radius 1 is 1.12 bits per heavy atom. The number of carbonyl (C=O) groups is 1. The molecule has 0 aliphatic rings. The minimum atomic E-state index is -0.265. The fraction of sp³-hybridized carbons (Fsp3) is 0.250. The molecule has 0 unspecified atom stereocenters. The molecular formula is C20H20ClN3OS. The molecule has 26 heavy (non-hydrogen) atoms. The molecule has 1 aromatic heterocycles. The second-order valence-corrected chi connectivity index (χ2v) is 7.98. The van der Waals surface area contributed by atoms with Crippen molar-refractivity contribution in [3.8, 4) is 11.4 Å². The van der Waals surface area contributed by atoms with Crippen LogP contribution in [0.15, 0.2) is 47.6 Å². The van der Waals surface area contributed by atoms with Gasteiger partial charge >= 0.3 is 0 Å². The molecule has 0 N–H and O–H groups in total. The lowest BCUT2D eigenvalue weighted by molar-refractivity contribution is 0.0993. The van der Waals surface area contributed by atoms with Gasteiger partial charge in [0.05, 0.1) is 10.3 Å². The molecule has 3 aromatic rings. The number of rotatable bonds is 5. The van der Waals surface area contributed by atoms with Crippen molar-refractivity contribution in [1.29, 1.82) is 0 Å². The number of hydrogen-bond acceptors (Lipinski definition) is 4. The van der Waals surface area contributed by atoms with Crippen LogP contribution in [0.4, 0.5) is 0 Å². The predicted octanol–water partition coefficient (Wildman–Crippen LogP) is 5.12. The zero-order valence-corrected chi connectivity index (χ0v) is 16.7. The molecule has 0 aliphatic carbocycles. The Kier molecular flexibility index (Phi) is 5.49. The van der Waals surface area contributed by atoms with E-state index in [1.165, 1.54) is 17.3 Å². The number of ketones is 1. The van der Waals surface area contributed by atoms with Crippen molar-refractivity contribution >= 4 is 29.1 Å². The van der Waals surface area contributed by atoms with Gasteiger partial charge in [0.15, 0.2) is 16.8 Å². The Balaban J connectivity index is 1.82. The Labute approximate surface area is 162 Å². The highest BCUT2D eigenvalue weighted by Gasteiger charge is 2.21. The van der Waals surface area contributed by atoms with Crippen LogP contribution in [-0.2, 0) is 7.05 Å². The average molecular weight is 386 g/mol. The van der Waals surface area contributed by atoms with Gasteiger partial charge in [-0.05, 0) is 50.1 Å². The van der Waals surface area contributed by atoms with E-state index in [0.717, 1.165) is 16.7 Å². The lowest BCUT2D eigenvalue weighted by atomic mass is 10.0. The number of aryl methyl sites for hydroxylation is 2. The molecule has 0 spiro atoms. The van der Waals surface area contributed by atoms with E-state index in [1.54, 1.807) is 0 Å². The van der Waals surface area contributed by atoms with Gasteiger partial charge in [-0.3, -0.25) is 4.79 Å². The van der Waals surface area contributed by atoms with Gasteiger partial charge in [-0.1, -0.05) is 47.6 Å². The lowest BCUT2D eigenvalue weighted by Crippen LogP contribution is -2.14. The van der Waals surface area contributed by atoms with Crippen molar-refractivity contribution in [2.45, 2.75) is 31.2 Å². The average Bonchev–Trinajstić information content (AvgIpc) is 2.97. The van der Waals surface area contributed by atoms with E-state index in [4.69, 9.17) is 11.6 Å². The predicted molar refractivity (Wildman–Crippen MR) is 107 cm³/mol. The highest BCUT2D eigenvalue weighted by molar-refractivity contribution is 8.00. The number of halogens is 1. The van der Waals surface area contributed by atoms with Crippen LogP contribution in [0.25, 0.3) is 11.4 Å². The van der Waals surface area contributed by atoms with Crippen molar-refractivity contribution in [2.75, 3.05) is 0 Å². The van der Waals surface area contributed by atoms with Crippen LogP contribution in [0.5, 0.6) is 0 Å². The van der Waals surface area contributed by atoms with E-state index >= 15 is 0 Å². The Morgan fingerprint density at radius 3 is 2.54 bits per heavy atom. The Hall–Kier alpha value is -2.11. The van der Waals surface area contributed by atoms with E-state index in [-0.39, 0.29) is 11.0 Å². The van der Waals surface area contributed by atoms with E-state index in [1.807, 2.05) is 74.9 Å². The molecule has 0 bridgehead atoms. The number of aromatic nitrogens is 3. The molecule has 3 rings (SSSR count). The minimum Gasteiger partial charge on any atom is -0.305 e. The second-order valence-electron chi connectivity index (χ2n) is 6.27. The maximum Gasteiger partial charge on any atom is 0.191 e. The fourth-order valence-corrected chi connectivity index (χ4v) is 3.75. The summed E-state index contributed by atoms with van der Waals surface area (Å²) in [6, 6.07) is 13.3. The number of nitrogens with zero attached hydrogens (tertiary/aromatic N) is 3. The van der Waals surface area contributed by atoms with Crippen LogP contribution in [0.1, 0.15) is 28.4 Å². The van der Waals surface area contributed by atoms with Crippen molar-refractivity contribution < 1.29 is 4.79 Å². The first-order valence-corrected chi connectivity index (χ1v) is 9.56. The van der Waals surface area contributed by atoms with Crippen LogP contribution in [0.3, 0.4) is 0 Å². The smallest absolute Gasteiger partial charge is 0.191 e. The van der Waals surface area contributed by atoms with E-state index < -0.39 is 0 Å². The first-order chi connectivity index (χ1) is 12.4.